The number of benzene rings is 1. The van der Waals surface area contributed by atoms with Crippen molar-refractivity contribution in [3.63, 3.8) is 0 Å². The van der Waals surface area contributed by atoms with Crippen molar-refractivity contribution in [3.8, 4) is 11.3 Å². The second-order valence-electron chi connectivity index (χ2n) is 10.4. The number of hydrogen-bond donors (Lipinski definition) is 1. The molecule has 3 aliphatic rings. The lowest BCUT2D eigenvalue weighted by atomic mass is 10.0. The van der Waals surface area contributed by atoms with Crippen LogP contribution in [0, 0.1) is 5.82 Å². The van der Waals surface area contributed by atoms with Crippen LogP contribution in [0.5, 0.6) is 0 Å². The highest BCUT2D eigenvalue weighted by Gasteiger charge is 2.30. The first-order valence-corrected chi connectivity index (χ1v) is 13.3. The molecule has 0 spiro atoms. The Hall–Kier alpha value is -3.30. The summed E-state index contributed by atoms with van der Waals surface area (Å²) in [5, 5.41) is 3.61. The smallest absolute Gasteiger partial charge is 0.255 e. The van der Waals surface area contributed by atoms with Crippen molar-refractivity contribution < 1.29 is 4.39 Å². The van der Waals surface area contributed by atoms with Crippen LogP contribution in [0.2, 0.25) is 0 Å². The van der Waals surface area contributed by atoms with Gasteiger partial charge in [0.25, 0.3) is 5.56 Å². The lowest BCUT2D eigenvalue weighted by Crippen LogP contribution is -2.47. The third-order valence-corrected chi connectivity index (χ3v) is 8.10. The van der Waals surface area contributed by atoms with Crippen LogP contribution >= 0.6 is 0 Å². The van der Waals surface area contributed by atoms with Gasteiger partial charge in [-0.25, -0.2) is 9.37 Å². The lowest BCUT2D eigenvalue weighted by molar-refractivity contribution is 0.260. The zero-order chi connectivity index (χ0) is 25.4. The van der Waals surface area contributed by atoms with Gasteiger partial charge in [0.05, 0.1) is 11.9 Å². The molecule has 6 rings (SSSR count). The summed E-state index contributed by atoms with van der Waals surface area (Å²) < 4.78 is 15.9. The maximum atomic E-state index is 14.4. The van der Waals surface area contributed by atoms with Gasteiger partial charge in [0.1, 0.15) is 0 Å². The molecule has 2 aromatic heterocycles. The minimum Gasteiger partial charge on any atom is -0.370 e. The number of anilines is 2. The minimum atomic E-state index is -0.489. The summed E-state index contributed by atoms with van der Waals surface area (Å²) in [4.78, 5) is 28.5. The van der Waals surface area contributed by atoms with Gasteiger partial charge in [0.2, 0.25) is 5.95 Å². The van der Waals surface area contributed by atoms with Crippen molar-refractivity contribution in [1.82, 2.24) is 24.8 Å². The molecule has 37 heavy (non-hydrogen) atoms. The van der Waals surface area contributed by atoms with E-state index in [4.69, 9.17) is 4.98 Å². The first kappa shape index (κ1) is 24.1. The van der Waals surface area contributed by atoms with Crippen LogP contribution < -0.4 is 20.7 Å². The number of aromatic nitrogens is 3. The molecule has 0 amide bonds. The maximum absolute atomic E-state index is 14.4. The van der Waals surface area contributed by atoms with Crippen molar-refractivity contribution in [2.24, 2.45) is 7.05 Å². The molecule has 1 aromatic carbocycles. The third-order valence-electron chi connectivity index (χ3n) is 8.10. The zero-order valence-electron chi connectivity index (χ0n) is 21.3. The minimum absolute atomic E-state index is 0.108. The standard InChI is InChI=1S/C28H34FN7O/c1-33-27(37)16-25(23-8-10-30-17-24(23)29)32-28(33)36-15-11-31-26(19-36)20-4-6-21(7-5-20)35-14-9-22(18-35)34-12-2-3-13-34/h4-8,10,16-17,22,26,31H,2-3,9,11-15,18-19H2,1H3/t22-,26+/m0/s1. The largest absolute Gasteiger partial charge is 0.370 e. The molecule has 5 heterocycles. The van der Waals surface area contributed by atoms with Crippen molar-refractivity contribution in [2.45, 2.75) is 31.3 Å². The van der Waals surface area contributed by atoms with Gasteiger partial charge < -0.3 is 15.1 Å². The summed E-state index contributed by atoms with van der Waals surface area (Å²) in [6.07, 6.45) is 6.58. The maximum Gasteiger partial charge on any atom is 0.255 e. The van der Waals surface area contributed by atoms with Crippen LogP contribution in [0.3, 0.4) is 0 Å². The monoisotopic (exact) mass is 503 g/mol. The Morgan fingerprint density at radius 3 is 2.59 bits per heavy atom. The Morgan fingerprint density at radius 1 is 1.00 bits per heavy atom. The molecule has 0 bridgehead atoms. The highest BCUT2D eigenvalue weighted by atomic mass is 19.1. The molecule has 3 saturated heterocycles. The van der Waals surface area contributed by atoms with Crippen LogP contribution in [0.1, 0.15) is 30.9 Å². The predicted octanol–water partition coefficient (Wildman–Crippen LogP) is 2.81. The molecule has 1 N–H and O–H groups in total. The fourth-order valence-electron chi connectivity index (χ4n) is 5.98. The van der Waals surface area contributed by atoms with E-state index in [1.165, 1.54) is 60.4 Å². The SMILES string of the molecule is Cn1c(N2CCN[C@@H](c3ccc(N4CC[C@H](N5CCCC5)C4)cc3)C2)nc(-c2ccncc2F)cc1=O. The van der Waals surface area contributed by atoms with Gasteiger partial charge in [-0.1, -0.05) is 12.1 Å². The summed E-state index contributed by atoms with van der Waals surface area (Å²) in [6.45, 7) is 6.88. The van der Waals surface area contributed by atoms with Gasteiger partial charge in [-0.2, -0.15) is 0 Å². The van der Waals surface area contributed by atoms with Crippen molar-refractivity contribution in [3.05, 3.63) is 70.5 Å². The fourth-order valence-corrected chi connectivity index (χ4v) is 5.98. The predicted molar refractivity (Wildman–Crippen MR) is 143 cm³/mol. The van der Waals surface area contributed by atoms with Gasteiger partial charge >= 0.3 is 0 Å². The summed E-state index contributed by atoms with van der Waals surface area (Å²) >= 11 is 0. The third kappa shape index (κ3) is 4.85. The molecule has 194 valence electrons. The van der Waals surface area contributed by atoms with Gasteiger partial charge in [-0.15, -0.1) is 0 Å². The average Bonchev–Trinajstić information content (AvgIpc) is 3.63. The topological polar surface area (TPSA) is 69.5 Å². The van der Waals surface area contributed by atoms with Gasteiger partial charge in [0.15, 0.2) is 5.82 Å². The van der Waals surface area contributed by atoms with Crippen LogP contribution in [0.15, 0.2) is 53.6 Å². The summed E-state index contributed by atoms with van der Waals surface area (Å²) in [7, 11) is 1.72. The molecule has 0 saturated carbocycles. The summed E-state index contributed by atoms with van der Waals surface area (Å²) in [6, 6.07) is 12.6. The van der Waals surface area contributed by atoms with E-state index in [2.05, 4.69) is 49.3 Å². The van der Waals surface area contributed by atoms with Crippen molar-refractivity contribution in [2.75, 3.05) is 55.6 Å². The summed E-state index contributed by atoms with van der Waals surface area (Å²) in [5.41, 5.74) is 2.90. The Balaban J connectivity index is 1.18. The van der Waals surface area contributed by atoms with E-state index >= 15 is 0 Å². The van der Waals surface area contributed by atoms with Crippen LogP contribution in [0.4, 0.5) is 16.0 Å². The Labute approximate surface area is 216 Å². The number of nitrogens with one attached hydrogen (secondary N) is 1. The molecule has 3 fully saturated rings. The highest BCUT2D eigenvalue weighted by molar-refractivity contribution is 5.60. The van der Waals surface area contributed by atoms with E-state index in [9.17, 15) is 9.18 Å². The first-order chi connectivity index (χ1) is 18.1. The van der Waals surface area contributed by atoms with Gasteiger partial charge in [-0.3, -0.25) is 19.2 Å². The van der Waals surface area contributed by atoms with Crippen LogP contribution in [-0.2, 0) is 7.05 Å². The molecular formula is C28H34FN7O. The number of pyridine rings is 1. The van der Waals surface area contributed by atoms with Crippen molar-refractivity contribution in [1.29, 1.82) is 0 Å². The zero-order valence-corrected chi connectivity index (χ0v) is 21.3. The molecule has 3 aromatic rings. The summed E-state index contributed by atoms with van der Waals surface area (Å²) in [5.74, 6) is 0.0593. The number of nitrogens with zero attached hydrogens (tertiary/aromatic N) is 6. The van der Waals surface area contributed by atoms with E-state index < -0.39 is 5.82 Å². The number of halogens is 1. The highest BCUT2D eigenvalue weighted by Crippen LogP contribution is 2.28. The van der Waals surface area contributed by atoms with Crippen molar-refractivity contribution >= 4 is 11.6 Å². The molecule has 0 radical (unpaired) electrons. The van der Waals surface area contributed by atoms with Gasteiger partial charge in [-0.05, 0) is 56.1 Å². The average molecular weight is 504 g/mol. The van der Waals surface area contributed by atoms with E-state index in [1.54, 1.807) is 13.1 Å². The molecule has 2 atom stereocenters. The molecule has 8 nitrogen and oxygen atoms in total. The van der Waals surface area contributed by atoms with E-state index in [1.807, 2.05) is 0 Å². The van der Waals surface area contributed by atoms with E-state index in [0.29, 0.717) is 30.8 Å². The Kier molecular flexibility index (Phi) is 6.65. The number of likely N-dealkylation sites (tertiary alicyclic amines) is 1. The van der Waals surface area contributed by atoms with E-state index in [-0.39, 0.29) is 17.2 Å². The van der Waals surface area contributed by atoms with Crippen LogP contribution in [0.25, 0.3) is 11.3 Å². The number of rotatable bonds is 5. The van der Waals surface area contributed by atoms with Gasteiger partial charge in [0, 0.05) is 75.4 Å². The Morgan fingerprint density at radius 2 is 1.81 bits per heavy atom. The number of hydrogen-bond acceptors (Lipinski definition) is 7. The molecular weight excluding hydrogens is 469 g/mol. The lowest BCUT2D eigenvalue weighted by Gasteiger charge is -2.35. The quantitative estimate of drug-likeness (QED) is 0.574. The normalized spacial score (nSPS) is 22.6. The first-order valence-electron chi connectivity index (χ1n) is 13.3. The second-order valence-corrected chi connectivity index (χ2v) is 10.4. The molecule has 3 aliphatic heterocycles. The van der Waals surface area contributed by atoms with E-state index in [0.717, 1.165) is 25.8 Å². The molecule has 0 aliphatic carbocycles. The molecule has 9 heteroatoms. The number of piperazine rings is 1. The van der Waals surface area contributed by atoms with Crippen LogP contribution in [-0.4, -0.2) is 71.3 Å². The second kappa shape index (κ2) is 10.2. The molecule has 0 unspecified atom stereocenters. The fraction of sp³-hybridized carbons (Fsp3) is 0.464. The Bertz CT molecular complexity index is 1300.